The summed E-state index contributed by atoms with van der Waals surface area (Å²) < 4.78 is 33.4. The maximum atomic E-state index is 13.5. The van der Waals surface area contributed by atoms with Crippen LogP contribution in [0.3, 0.4) is 0 Å². The summed E-state index contributed by atoms with van der Waals surface area (Å²) in [5, 5.41) is 3.09. The van der Waals surface area contributed by atoms with E-state index in [9.17, 15) is 13.2 Å². The number of benzene rings is 2. The number of hydrogen-bond acceptors (Lipinski definition) is 4. The van der Waals surface area contributed by atoms with Crippen LogP contribution in [0.5, 0.6) is 0 Å². The van der Waals surface area contributed by atoms with Gasteiger partial charge in [-0.05, 0) is 49.4 Å². The molecule has 2 aromatic carbocycles. The van der Waals surface area contributed by atoms with Crippen molar-refractivity contribution in [3.05, 3.63) is 94.9 Å². The van der Waals surface area contributed by atoms with E-state index in [2.05, 4.69) is 11.9 Å². The highest BCUT2D eigenvalue weighted by molar-refractivity contribution is 7.93. The van der Waals surface area contributed by atoms with Gasteiger partial charge in [-0.2, -0.15) is 0 Å². The molecule has 0 aliphatic heterocycles. The number of rotatable bonds is 9. The molecule has 0 spiro atoms. The molecule has 1 heterocycles. The second kappa shape index (κ2) is 10.3. The molecule has 3 rings (SSSR count). The minimum atomic E-state index is -4.14. The van der Waals surface area contributed by atoms with Gasteiger partial charge in [-0.1, -0.05) is 41.4 Å². The van der Waals surface area contributed by atoms with Gasteiger partial charge >= 0.3 is 0 Å². The molecule has 0 bridgehead atoms. The highest BCUT2D eigenvalue weighted by Crippen LogP contribution is 2.33. The summed E-state index contributed by atoms with van der Waals surface area (Å²) >= 11 is 12.5. The minimum absolute atomic E-state index is 0.00806. The molecule has 0 aliphatic rings. The SMILES string of the molecule is C=CCN(c1ccccc1Cl)S(=O)(=O)c1cc(C(=O)NC(C)Cc2ccco2)ccc1Cl. The number of para-hydroxylation sites is 1. The van der Waals surface area contributed by atoms with Crippen molar-refractivity contribution >= 4 is 44.8 Å². The normalized spacial score (nSPS) is 12.2. The third-order valence-corrected chi connectivity index (χ3v) is 7.22. The van der Waals surface area contributed by atoms with E-state index in [0.29, 0.717) is 6.42 Å². The summed E-state index contributed by atoms with van der Waals surface area (Å²) in [5.74, 6) is 0.308. The predicted molar refractivity (Wildman–Crippen MR) is 127 cm³/mol. The van der Waals surface area contributed by atoms with Crippen LogP contribution in [0, 0.1) is 0 Å². The van der Waals surface area contributed by atoms with E-state index in [1.165, 1.54) is 24.3 Å². The summed E-state index contributed by atoms with van der Waals surface area (Å²) in [4.78, 5) is 12.6. The third-order valence-electron chi connectivity index (χ3n) is 4.64. The van der Waals surface area contributed by atoms with Gasteiger partial charge in [0.15, 0.2) is 0 Å². The summed E-state index contributed by atoms with van der Waals surface area (Å²) in [6.45, 7) is 5.44. The lowest BCUT2D eigenvalue weighted by Gasteiger charge is -2.25. The fourth-order valence-electron chi connectivity index (χ4n) is 3.15. The Labute approximate surface area is 197 Å². The number of anilines is 1. The first-order valence-electron chi connectivity index (χ1n) is 9.75. The Morgan fingerprint density at radius 2 is 1.91 bits per heavy atom. The molecule has 168 valence electrons. The summed E-state index contributed by atoms with van der Waals surface area (Å²) in [5.41, 5.74) is 0.448. The number of carbonyl (C=O) groups is 1. The zero-order valence-corrected chi connectivity index (χ0v) is 19.6. The van der Waals surface area contributed by atoms with E-state index in [-0.39, 0.29) is 38.8 Å². The smallest absolute Gasteiger partial charge is 0.266 e. The Balaban J connectivity index is 1.91. The standard InChI is InChI=1S/C23H22Cl2N2O4S/c1-3-12-27(21-9-5-4-8-19(21)24)32(29,30)22-15-17(10-11-20(22)25)23(28)26-16(2)14-18-7-6-13-31-18/h3-11,13,15-16H,1,12,14H2,2H3,(H,26,28). The lowest BCUT2D eigenvalue weighted by atomic mass is 10.1. The summed E-state index contributed by atoms with van der Waals surface area (Å²) in [6, 6.07) is 14.0. The van der Waals surface area contributed by atoms with Crippen LogP contribution in [-0.4, -0.2) is 26.9 Å². The largest absolute Gasteiger partial charge is 0.469 e. The van der Waals surface area contributed by atoms with E-state index in [1.807, 2.05) is 13.0 Å². The number of amides is 1. The van der Waals surface area contributed by atoms with Gasteiger partial charge in [0, 0.05) is 18.0 Å². The van der Waals surface area contributed by atoms with Crippen molar-refractivity contribution in [1.82, 2.24) is 5.32 Å². The van der Waals surface area contributed by atoms with Gasteiger partial charge in [-0.3, -0.25) is 9.10 Å². The second-order valence-corrected chi connectivity index (χ2v) is 9.72. The quantitative estimate of drug-likeness (QED) is 0.409. The Morgan fingerprint density at radius 3 is 2.56 bits per heavy atom. The van der Waals surface area contributed by atoms with Crippen molar-refractivity contribution in [2.24, 2.45) is 0 Å². The minimum Gasteiger partial charge on any atom is -0.469 e. The first-order valence-corrected chi connectivity index (χ1v) is 11.9. The molecule has 1 aromatic heterocycles. The zero-order chi connectivity index (χ0) is 23.3. The van der Waals surface area contributed by atoms with Gasteiger partial charge in [0.1, 0.15) is 10.7 Å². The highest BCUT2D eigenvalue weighted by atomic mass is 35.5. The Hall–Kier alpha value is -2.74. The van der Waals surface area contributed by atoms with Gasteiger partial charge < -0.3 is 9.73 Å². The molecule has 1 N–H and O–H groups in total. The number of carbonyl (C=O) groups excluding carboxylic acids is 1. The monoisotopic (exact) mass is 492 g/mol. The number of hydrogen-bond donors (Lipinski definition) is 1. The van der Waals surface area contributed by atoms with E-state index in [1.54, 1.807) is 36.6 Å². The van der Waals surface area contributed by atoms with E-state index in [4.69, 9.17) is 27.6 Å². The fraction of sp³-hybridized carbons (Fsp3) is 0.174. The molecular formula is C23H22Cl2N2O4S. The molecule has 9 heteroatoms. The van der Waals surface area contributed by atoms with Gasteiger partial charge in [0.25, 0.3) is 15.9 Å². The fourth-order valence-corrected chi connectivity index (χ4v) is 5.39. The average molecular weight is 493 g/mol. The van der Waals surface area contributed by atoms with Crippen molar-refractivity contribution in [1.29, 1.82) is 0 Å². The van der Waals surface area contributed by atoms with Gasteiger partial charge in [0.05, 0.1) is 28.5 Å². The van der Waals surface area contributed by atoms with Crippen LogP contribution in [0.1, 0.15) is 23.0 Å². The van der Waals surface area contributed by atoms with Crippen molar-refractivity contribution in [3.63, 3.8) is 0 Å². The molecule has 32 heavy (non-hydrogen) atoms. The molecule has 1 amide bonds. The van der Waals surface area contributed by atoms with Gasteiger partial charge in [0.2, 0.25) is 0 Å². The van der Waals surface area contributed by atoms with Crippen molar-refractivity contribution < 1.29 is 17.6 Å². The van der Waals surface area contributed by atoms with E-state index < -0.39 is 15.9 Å². The molecule has 0 fully saturated rings. The van der Waals surface area contributed by atoms with Crippen molar-refractivity contribution in [2.45, 2.75) is 24.3 Å². The van der Waals surface area contributed by atoms with Crippen LogP contribution in [0.2, 0.25) is 10.0 Å². The molecule has 1 unspecified atom stereocenters. The lowest BCUT2D eigenvalue weighted by molar-refractivity contribution is 0.0939. The first kappa shape index (κ1) is 23.9. The third kappa shape index (κ3) is 5.35. The van der Waals surface area contributed by atoms with Crippen molar-refractivity contribution in [2.75, 3.05) is 10.8 Å². The molecule has 3 aromatic rings. The molecular weight excluding hydrogens is 471 g/mol. The van der Waals surface area contributed by atoms with Crippen LogP contribution in [0.15, 0.2) is 82.8 Å². The van der Waals surface area contributed by atoms with Crippen LogP contribution < -0.4 is 9.62 Å². The second-order valence-electron chi connectivity index (χ2n) is 7.08. The molecule has 6 nitrogen and oxygen atoms in total. The molecule has 0 radical (unpaired) electrons. The Kier molecular flexibility index (Phi) is 7.66. The van der Waals surface area contributed by atoms with Gasteiger partial charge in [-0.15, -0.1) is 6.58 Å². The molecule has 0 saturated heterocycles. The maximum Gasteiger partial charge on any atom is 0.266 e. The number of halogens is 2. The summed E-state index contributed by atoms with van der Waals surface area (Å²) in [6.07, 6.45) is 3.51. The number of sulfonamides is 1. The average Bonchev–Trinajstić information content (AvgIpc) is 3.25. The van der Waals surface area contributed by atoms with Crippen molar-refractivity contribution in [3.8, 4) is 0 Å². The Morgan fingerprint density at radius 1 is 1.16 bits per heavy atom. The van der Waals surface area contributed by atoms with E-state index in [0.717, 1.165) is 10.1 Å². The van der Waals surface area contributed by atoms with Crippen LogP contribution in [0.4, 0.5) is 5.69 Å². The molecule has 1 atom stereocenters. The number of furan rings is 1. The number of nitrogens with one attached hydrogen (secondary N) is 1. The molecule has 0 saturated carbocycles. The van der Waals surface area contributed by atoms with E-state index >= 15 is 0 Å². The highest BCUT2D eigenvalue weighted by Gasteiger charge is 2.29. The van der Waals surface area contributed by atoms with Crippen LogP contribution in [-0.2, 0) is 16.4 Å². The lowest BCUT2D eigenvalue weighted by Crippen LogP contribution is -2.34. The first-order chi connectivity index (χ1) is 15.2. The summed E-state index contributed by atoms with van der Waals surface area (Å²) in [7, 11) is -4.14. The Bertz CT molecular complexity index is 1210. The zero-order valence-electron chi connectivity index (χ0n) is 17.3. The maximum absolute atomic E-state index is 13.5. The van der Waals surface area contributed by atoms with Crippen LogP contribution in [0.25, 0.3) is 0 Å². The predicted octanol–water partition coefficient (Wildman–Crippen LogP) is 5.33. The van der Waals surface area contributed by atoms with Gasteiger partial charge in [-0.25, -0.2) is 8.42 Å². The number of nitrogens with zero attached hydrogens (tertiary/aromatic N) is 1. The topological polar surface area (TPSA) is 79.6 Å². The van der Waals surface area contributed by atoms with Crippen LogP contribution >= 0.6 is 23.2 Å². The molecule has 0 aliphatic carbocycles.